The van der Waals surface area contributed by atoms with E-state index in [-0.39, 0.29) is 5.41 Å². The largest absolute Gasteiger partial charge is 0.308 e. The van der Waals surface area contributed by atoms with E-state index in [1.807, 2.05) is 0 Å². The van der Waals surface area contributed by atoms with Gasteiger partial charge in [-0.25, -0.2) is 0 Å². The first kappa shape index (κ1) is 38.4. The van der Waals surface area contributed by atoms with Gasteiger partial charge in [0.15, 0.2) is 0 Å². The molecule has 14 aromatic rings. The maximum absolute atomic E-state index is 2.51. The van der Waals surface area contributed by atoms with Crippen LogP contribution in [-0.4, -0.2) is 9.13 Å². The smallest absolute Gasteiger partial charge is 0.0619 e. The molecule has 69 heavy (non-hydrogen) atoms. The molecule has 0 fully saturated rings. The van der Waals surface area contributed by atoms with Crippen molar-refractivity contribution in [3.8, 4) is 44.8 Å². The summed E-state index contributed by atoms with van der Waals surface area (Å²) in [6.45, 7) is 4.85. The molecule has 2 aromatic heterocycles. The fourth-order valence-electron chi connectivity index (χ4n) is 12.7. The molecular formula is C67H44N2. The third-order valence-corrected chi connectivity index (χ3v) is 15.7. The van der Waals surface area contributed by atoms with Crippen molar-refractivity contribution in [2.24, 2.45) is 0 Å². The van der Waals surface area contributed by atoms with Crippen molar-refractivity contribution in [3.05, 3.63) is 242 Å². The fraction of sp³-hybridized carbons (Fsp3) is 0.0448. The Kier molecular flexibility index (Phi) is 7.87. The third-order valence-electron chi connectivity index (χ3n) is 15.7. The van der Waals surface area contributed by atoms with Crippen LogP contribution in [0.25, 0.3) is 131 Å². The Morgan fingerprint density at radius 1 is 0.261 bits per heavy atom. The summed E-state index contributed by atoms with van der Waals surface area (Å²) in [5.74, 6) is 0. The van der Waals surface area contributed by atoms with Gasteiger partial charge in [0.25, 0.3) is 0 Å². The van der Waals surface area contributed by atoms with Crippen LogP contribution in [0.1, 0.15) is 25.0 Å². The lowest BCUT2D eigenvalue weighted by atomic mass is 9.80. The van der Waals surface area contributed by atoms with Gasteiger partial charge < -0.3 is 9.13 Å². The van der Waals surface area contributed by atoms with Gasteiger partial charge in [-0.1, -0.05) is 208 Å². The van der Waals surface area contributed by atoms with E-state index in [4.69, 9.17) is 0 Å². The highest BCUT2D eigenvalue weighted by atomic mass is 15.0. The maximum Gasteiger partial charge on any atom is 0.0619 e. The Balaban J connectivity index is 0.918. The fourth-order valence-corrected chi connectivity index (χ4v) is 12.7. The minimum absolute atomic E-state index is 0.250. The summed E-state index contributed by atoms with van der Waals surface area (Å²) < 4.78 is 5.01. The quantitative estimate of drug-likeness (QED) is 0.156. The number of hydrogen-bond acceptors (Lipinski definition) is 0. The molecule has 0 saturated carbocycles. The molecule has 2 heteroatoms. The average Bonchev–Trinajstić information content (AvgIpc) is 3.99. The van der Waals surface area contributed by atoms with Gasteiger partial charge >= 0.3 is 0 Å². The molecule has 0 amide bonds. The molecule has 0 spiro atoms. The number of aromatic nitrogens is 2. The van der Waals surface area contributed by atoms with E-state index in [1.54, 1.807) is 0 Å². The van der Waals surface area contributed by atoms with E-state index in [0.29, 0.717) is 0 Å². The van der Waals surface area contributed by atoms with Gasteiger partial charge in [-0.05, 0) is 102 Å². The normalized spacial score (nSPS) is 13.2. The standard InChI is InChI=1S/C67H44N2/c1-67(2)57-39-41(63-49-23-3-7-27-53(49)65(54-28-8-4-24-50(54)63)68-59-31-15-11-19-45(59)46-20-12-16-32-60(46)68)35-37-43(57)44-38-36-42(40-58(44)67)64-51-25-5-9-29-55(51)66(56-30-10-6-26-52(56)64)69-61-33-17-13-21-47(61)48-22-14-18-34-62(48)69/h3-40H,1-2H3. The van der Waals surface area contributed by atoms with Gasteiger partial charge in [-0.2, -0.15) is 0 Å². The van der Waals surface area contributed by atoms with Crippen molar-refractivity contribution in [2.45, 2.75) is 19.3 Å². The van der Waals surface area contributed by atoms with Gasteiger partial charge in [0.1, 0.15) is 0 Å². The molecule has 0 unspecified atom stereocenters. The van der Waals surface area contributed by atoms with E-state index in [0.717, 1.165) is 0 Å². The van der Waals surface area contributed by atoms with Gasteiger partial charge in [-0.3, -0.25) is 0 Å². The predicted molar refractivity (Wildman–Crippen MR) is 294 cm³/mol. The summed E-state index contributed by atoms with van der Waals surface area (Å²) in [6.07, 6.45) is 0. The van der Waals surface area contributed by atoms with Crippen LogP contribution < -0.4 is 0 Å². The highest BCUT2D eigenvalue weighted by molar-refractivity contribution is 6.23. The third kappa shape index (κ3) is 5.21. The van der Waals surface area contributed by atoms with Crippen molar-refractivity contribution in [3.63, 3.8) is 0 Å². The summed E-state index contributed by atoms with van der Waals surface area (Å²) in [5, 5.41) is 15.1. The minimum atomic E-state index is -0.250. The summed E-state index contributed by atoms with van der Waals surface area (Å²) in [7, 11) is 0. The number of fused-ring (bicyclic) bond motifs is 13. The van der Waals surface area contributed by atoms with Crippen molar-refractivity contribution in [1.29, 1.82) is 0 Å². The molecule has 0 bridgehead atoms. The molecule has 2 heterocycles. The van der Waals surface area contributed by atoms with Crippen LogP contribution in [0.3, 0.4) is 0 Å². The van der Waals surface area contributed by atoms with Crippen LogP contribution in [0.2, 0.25) is 0 Å². The zero-order valence-electron chi connectivity index (χ0n) is 38.3. The van der Waals surface area contributed by atoms with Crippen LogP contribution in [0.5, 0.6) is 0 Å². The van der Waals surface area contributed by atoms with Gasteiger partial charge in [0, 0.05) is 48.5 Å². The lowest BCUT2D eigenvalue weighted by Gasteiger charge is -2.24. The first-order valence-corrected chi connectivity index (χ1v) is 24.2. The molecule has 1 aliphatic carbocycles. The van der Waals surface area contributed by atoms with Crippen LogP contribution in [0.15, 0.2) is 231 Å². The molecule has 2 nitrogen and oxygen atoms in total. The van der Waals surface area contributed by atoms with Crippen LogP contribution >= 0.6 is 0 Å². The Hall–Kier alpha value is -8.72. The molecule has 0 aliphatic heterocycles. The first-order valence-electron chi connectivity index (χ1n) is 24.2. The molecule has 12 aromatic carbocycles. The highest BCUT2D eigenvalue weighted by Crippen LogP contribution is 2.53. The Morgan fingerprint density at radius 2 is 0.507 bits per heavy atom. The lowest BCUT2D eigenvalue weighted by molar-refractivity contribution is 0.661. The van der Waals surface area contributed by atoms with Crippen molar-refractivity contribution >= 4 is 86.7 Å². The first-order chi connectivity index (χ1) is 34.0. The van der Waals surface area contributed by atoms with Crippen LogP contribution in [-0.2, 0) is 5.41 Å². The molecule has 322 valence electrons. The van der Waals surface area contributed by atoms with Crippen molar-refractivity contribution < 1.29 is 0 Å². The van der Waals surface area contributed by atoms with E-state index in [2.05, 4.69) is 254 Å². The second-order valence-corrected chi connectivity index (χ2v) is 19.5. The number of rotatable bonds is 4. The Bertz CT molecular complexity index is 4010. The second kappa shape index (κ2) is 14.2. The van der Waals surface area contributed by atoms with Gasteiger partial charge in [-0.15, -0.1) is 0 Å². The Morgan fingerprint density at radius 3 is 0.797 bits per heavy atom. The number of nitrogens with zero attached hydrogens (tertiary/aromatic N) is 2. The minimum Gasteiger partial charge on any atom is -0.308 e. The molecular weight excluding hydrogens is 833 g/mol. The average molecular weight is 877 g/mol. The summed E-state index contributed by atoms with van der Waals surface area (Å²) in [6, 6.07) is 86.1. The highest BCUT2D eigenvalue weighted by Gasteiger charge is 2.36. The second-order valence-electron chi connectivity index (χ2n) is 19.5. The van der Waals surface area contributed by atoms with E-state index < -0.39 is 0 Å². The van der Waals surface area contributed by atoms with E-state index >= 15 is 0 Å². The van der Waals surface area contributed by atoms with Crippen LogP contribution in [0, 0.1) is 0 Å². The molecule has 1 aliphatic rings. The topological polar surface area (TPSA) is 9.86 Å². The van der Waals surface area contributed by atoms with Crippen molar-refractivity contribution in [2.75, 3.05) is 0 Å². The Labute approximate surface area is 399 Å². The molecule has 15 rings (SSSR count). The summed E-state index contributed by atoms with van der Waals surface area (Å²) in [4.78, 5) is 0. The summed E-state index contributed by atoms with van der Waals surface area (Å²) >= 11 is 0. The lowest BCUT2D eigenvalue weighted by Crippen LogP contribution is -2.15. The monoisotopic (exact) mass is 876 g/mol. The maximum atomic E-state index is 2.51. The number of para-hydroxylation sites is 4. The predicted octanol–water partition coefficient (Wildman–Crippen LogP) is 18.1. The van der Waals surface area contributed by atoms with Gasteiger partial charge in [0.05, 0.1) is 33.4 Å². The SMILES string of the molecule is CC1(C)c2cc(-c3c4ccccc4c(-n4c5ccccc5c5ccccc54)c4ccccc34)ccc2-c2ccc(-c3c4ccccc4c(-n4c5ccccc5c5ccccc54)c4ccccc34)cc21. The molecule has 0 atom stereocenters. The van der Waals surface area contributed by atoms with Crippen molar-refractivity contribution in [1.82, 2.24) is 9.13 Å². The number of hydrogen-bond donors (Lipinski definition) is 0. The molecule has 0 radical (unpaired) electrons. The zero-order valence-corrected chi connectivity index (χ0v) is 38.3. The van der Waals surface area contributed by atoms with E-state index in [9.17, 15) is 0 Å². The number of benzene rings is 12. The van der Waals surface area contributed by atoms with Gasteiger partial charge in [0.2, 0.25) is 0 Å². The molecule has 0 saturated heterocycles. The van der Waals surface area contributed by atoms with E-state index in [1.165, 1.54) is 143 Å². The summed E-state index contributed by atoms with van der Waals surface area (Å²) in [5.41, 5.74) is 17.5. The molecule has 0 N–H and O–H groups in total. The zero-order chi connectivity index (χ0) is 45.5. The van der Waals surface area contributed by atoms with Crippen LogP contribution in [0.4, 0.5) is 0 Å².